The normalized spacial score (nSPS) is 13.8. The topological polar surface area (TPSA) is 49.4 Å². The second-order valence-corrected chi connectivity index (χ2v) is 8.40. The third-order valence-corrected chi connectivity index (χ3v) is 6.01. The maximum atomic E-state index is 13.5. The Labute approximate surface area is 193 Å². The van der Waals surface area contributed by atoms with E-state index in [1.807, 2.05) is 56.3 Å². The van der Waals surface area contributed by atoms with Gasteiger partial charge in [0, 0.05) is 5.69 Å². The van der Waals surface area contributed by atoms with Crippen LogP contribution in [-0.4, -0.2) is 11.8 Å². The minimum Gasteiger partial charge on any atom is -0.350 e. The van der Waals surface area contributed by atoms with E-state index in [0.717, 1.165) is 30.4 Å². The summed E-state index contributed by atoms with van der Waals surface area (Å²) in [6, 6.07) is 18.9. The lowest BCUT2D eigenvalue weighted by Gasteiger charge is -2.16. The summed E-state index contributed by atoms with van der Waals surface area (Å²) in [6.07, 6.45) is 3.14. The Hall–Kier alpha value is -3.73. The minimum atomic E-state index is -0.432. The average molecular weight is 443 g/mol. The zero-order valence-corrected chi connectivity index (χ0v) is 19.1. The highest BCUT2D eigenvalue weighted by Gasteiger charge is 2.40. The Morgan fingerprint density at radius 2 is 1.55 bits per heavy atom. The van der Waals surface area contributed by atoms with E-state index in [1.54, 1.807) is 0 Å². The molecular weight excluding hydrogens is 415 g/mol. The Morgan fingerprint density at radius 1 is 0.848 bits per heavy atom. The number of anilines is 2. The van der Waals surface area contributed by atoms with E-state index in [2.05, 4.69) is 12.2 Å². The predicted molar refractivity (Wildman–Crippen MR) is 130 cm³/mol. The molecule has 0 atom stereocenters. The standard InChI is InChI=1S/C28H27FN2O2/c1-4-5-6-20-8-15-24(16-9-20)31-27(32)25(21-10-12-22(29)13-11-21)26(28(31)33)30-23-14-7-18(2)19(3)17-23/h7-17,30H,4-6H2,1-3H3. The maximum Gasteiger partial charge on any atom is 0.282 e. The number of carbonyl (C=O) groups is 2. The molecule has 0 fully saturated rings. The van der Waals surface area contributed by atoms with Crippen molar-refractivity contribution in [3.05, 3.63) is 100 Å². The molecule has 5 heteroatoms. The quantitative estimate of drug-likeness (QED) is 0.445. The van der Waals surface area contributed by atoms with Crippen LogP contribution < -0.4 is 10.2 Å². The minimum absolute atomic E-state index is 0.185. The molecule has 0 spiro atoms. The molecule has 4 nitrogen and oxygen atoms in total. The highest BCUT2D eigenvalue weighted by atomic mass is 19.1. The van der Waals surface area contributed by atoms with Crippen molar-refractivity contribution in [1.82, 2.24) is 0 Å². The number of amides is 2. The van der Waals surface area contributed by atoms with E-state index >= 15 is 0 Å². The fourth-order valence-electron chi connectivity index (χ4n) is 3.92. The van der Waals surface area contributed by atoms with Crippen LogP contribution in [0.4, 0.5) is 15.8 Å². The Morgan fingerprint density at radius 3 is 2.18 bits per heavy atom. The van der Waals surface area contributed by atoms with E-state index < -0.39 is 17.6 Å². The first-order chi connectivity index (χ1) is 15.9. The summed E-state index contributed by atoms with van der Waals surface area (Å²) in [5.41, 5.74) is 5.50. The van der Waals surface area contributed by atoms with Crippen LogP contribution in [0.2, 0.25) is 0 Å². The second kappa shape index (κ2) is 9.41. The van der Waals surface area contributed by atoms with Gasteiger partial charge in [-0.15, -0.1) is 0 Å². The van der Waals surface area contributed by atoms with Gasteiger partial charge in [-0.3, -0.25) is 9.59 Å². The number of rotatable bonds is 7. The summed E-state index contributed by atoms with van der Waals surface area (Å²) in [4.78, 5) is 28.2. The van der Waals surface area contributed by atoms with E-state index in [9.17, 15) is 14.0 Å². The lowest BCUT2D eigenvalue weighted by molar-refractivity contribution is -0.120. The lowest BCUT2D eigenvalue weighted by Crippen LogP contribution is -2.32. The molecule has 33 heavy (non-hydrogen) atoms. The number of benzene rings is 3. The van der Waals surface area contributed by atoms with Gasteiger partial charge in [-0.2, -0.15) is 0 Å². The van der Waals surface area contributed by atoms with Crippen molar-refractivity contribution in [3.63, 3.8) is 0 Å². The summed E-state index contributed by atoms with van der Waals surface area (Å²) < 4.78 is 13.5. The van der Waals surface area contributed by atoms with Gasteiger partial charge < -0.3 is 5.32 Å². The van der Waals surface area contributed by atoms with Crippen molar-refractivity contribution in [3.8, 4) is 0 Å². The van der Waals surface area contributed by atoms with Crippen LogP contribution in [0.5, 0.6) is 0 Å². The monoisotopic (exact) mass is 442 g/mol. The van der Waals surface area contributed by atoms with Crippen LogP contribution in [-0.2, 0) is 16.0 Å². The lowest BCUT2D eigenvalue weighted by atomic mass is 10.0. The highest BCUT2D eigenvalue weighted by molar-refractivity contribution is 6.46. The Balaban J connectivity index is 1.73. The fourth-order valence-corrected chi connectivity index (χ4v) is 3.92. The maximum absolute atomic E-state index is 13.5. The molecule has 0 aliphatic carbocycles. The number of nitrogens with zero attached hydrogens (tertiary/aromatic N) is 1. The fraction of sp³-hybridized carbons (Fsp3) is 0.214. The largest absolute Gasteiger partial charge is 0.350 e. The number of nitrogens with one attached hydrogen (secondary N) is 1. The molecule has 3 aromatic carbocycles. The zero-order valence-electron chi connectivity index (χ0n) is 19.1. The SMILES string of the molecule is CCCCc1ccc(N2C(=O)C(Nc3ccc(C)c(C)c3)=C(c3ccc(F)cc3)C2=O)cc1. The summed E-state index contributed by atoms with van der Waals surface area (Å²) in [6.45, 7) is 6.14. The van der Waals surface area contributed by atoms with Gasteiger partial charge in [-0.25, -0.2) is 9.29 Å². The van der Waals surface area contributed by atoms with Gasteiger partial charge in [-0.1, -0.05) is 43.7 Å². The van der Waals surface area contributed by atoms with Crippen LogP contribution >= 0.6 is 0 Å². The first-order valence-corrected chi connectivity index (χ1v) is 11.2. The smallest absolute Gasteiger partial charge is 0.282 e. The summed E-state index contributed by atoms with van der Waals surface area (Å²) in [7, 11) is 0. The molecule has 0 saturated heterocycles. The van der Waals surface area contributed by atoms with E-state index in [-0.39, 0.29) is 11.3 Å². The highest BCUT2D eigenvalue weighted by Crippen LogP contribution is 2.34. The van der Waals surface area contributed by atoms with Crippen molar-refractivity contribution < 1.29 is 14.0 Å². The van der Waals surface area contributed by atoms with Crippen LogP contribution in [0.3, 0.4) is 0 Å². The molecular formula is C28H27FN2O2. The molecule has 2 amide bonds. The molecule has 3 aromatic rings. The number of halogens is 1. The van der Waals surface area contributed by atoms with E-state index in [0.29, 0.717) is 16.9 Å². The number of carbonyl (C=O) groups excluding carboxylic acids is 2. The van der Waals surface area contributed by atoms with Gasteiger partial charge in [0.2, 0.25) is 0 Å². The van der Waals surface area contributed by atoms with Crippen LogP contribution in [0.25, 0.3) is 5.57 Å². The number of imide groups is 1. The van der Waals surface area contributed by atoms with Crippen molar-refractivity contribution in [2.24, 2.45) is 0 Å². The first kappa shape index (κ1) is 22.5. The van der Waals surface area contributed by atoms with Crippen LogP contribution in [0, 0.1) is 19.7 Å². The molecule has 4 rings (SSSR count). The molecule has 1 N–H and O–H groups in total. The summed E-state index contributed by atoms with van der Waals surface area (Å²) >= 11 is 0. The second-order valence-electron chi connectivity index (χ2n) is 8.40. The Kier molecular flexibility index (Phi) is 6.40. The number of aryl methyl sites for hydroxylation is 3. The summed E-state index contributed by atoms with van der Waals surface area (Å²) in [5.74, 6) is -1.27. The molecule has 0 saturated carbocycles. The molecule has 1 aliphatic rings. The van der Waals surface area contributed by atoms with Gasteiger partial charge >= 0.3 is 0 Å². The zero-order chi connectivity index (χ0) is 23.5. The number of hydrogen-bond acceptors (Lipinski definition) is 3. The molecule has 0 unspecified atom stereocenters. The van der Waals surface area contributed by atoms with Gasteiger partial charge in [0.25, 0.3) is 11.8 Å². The summed E-state index contributed by atoms with van der Waals surface area (Å²) in [5, 5.41) is 3.17. The Bertz CT molecular complexity index is 1230. The molecule has 0 aromatic heterocycles. The number of hydrogen-bond donors (Lipinski definition) is 1. The van der Waals surface area contributed by atoms with Gasteiger partial charge in [0.05, 0.1) is 11.3 Å². The molecule has 0 bridgehead atoms. The average Bonchev–Trinajstić information content (AvgIpc) is 3.05. The van der Waals surface area contributed by atoms with Crippen molar-refractivity contribution in [2.45, 2.75) is 40.0 Å². The van der Waals surface area contributed by atoms with Gasteiger partial charge in [-0.05, 0) is 85.3 Å². The van der Waals surface area contributed by atoms with Crippen LogP contribution in [0.15, 0.2) is 72.4 Å². The third-order valence-electron chi connectivity index (χ3n) is 6.01. The predicted octanol–water partition coefficient (Wildman–Crippen LogP) is 6.18. The van der Waals surface area contributed by atoms with Gasteiger partial charge in [0.1, 0.15) is 11.5 Å². The first-order valence-electron chi connectivity index (χ1n) is 11.2. The van der Waals surface area contributed by atoms with Crippen molar-refractivity contribution >= 4 is 28.8 Å². The van der Waals surface area contributed by atoms with E-state index in [4.69, 9.17) is 0 Å². The van der Waals surface area contributed by atoms with Gasteiger partial charge in [0.15, 0.2) is 0 Å². The van der Waals surface area contributed by atoms with E-state index in [1.165, 1.54) is 34.7 Å². The number of unbranched alkanes of at least 4 members (excludes halogenated alkanes) is 1. The third kappa shape index (κ3) is 4.58. The molecule has 0 radical (unpaired) electrons. The van der Waals surface area contributed by atoms with Crippen molar-refractivity contribution in [1.29, 1.82) is 0 Å². The molecule has 168 valence electrons. The molecule has 1 aliphatic heterocycles. The molecule has 1 heterocycles. The van der Waals surface area contributed by atoms with Crippen LogP contribution in [0.1, 0.15) is 42.0 Å². The van der Waals surface area contributed by atoms with Crippen molar-refractivity contribution in [2.75, 3.05) is 10.2 Å².